The largest absolute Gasteiger partial charge is 0.274 e. The van der Waals surface area contributed by atoms with Gasteiger partial charge in [0.1, 0.15) is 0 Å². The van der Waals surface area contributed by atoms with Gasteiger partial charge in [-0.15, -0.1) is 0 Å². The number of hydrogen-bond acceptors (Lipinski definition) is 6. The Morgan fingerprint density at radius 2 is 1.45 bits per heavy atom. The van der Waals surface area contributed by atoms with E-state index in [0.29, 0.717) is 6.42 Å². The van der Waals surface area contributed by atoms with Crippen molar-refractivity contribution in [3.63, 3.8) is 0 Å². The Labute approximate surface area is 174 Å². The highest BCUT2D eigenvalue weighted by Crippen LogP contribution is 2.23. The van der Waals surface area contributed by atoms with E-state index in [1.165, 1.54) is 12.1 Å². The molecule has 0 radical (unpaired) electrons. The van der Waals surface area contributed by atoms with E-state index < -0.39 is 47.6 Å². The summed E-state index contributed by atoms with van der Waals surface area (Å²) in [5.74, 6) is -2.17. The van der Waals surface area contributed by atoms with Gasteiger partial charge in [-0.1, -0.05) is 43.6 Å². The fourth-order valence-corrected chi connectivity index (χ4v) is 4.79. The number of carbonyl (C=O) groups is 2. The molecule has 29 heavy (non-hydrogen) atoms. The van der Waals surface area contributed by atoms with E-state index in [1.807, 2.05) is 9.44 Å². The summed E-state index contributed by atoms with van der Waals surface area (Å²) < 4.78 is 53.8. The molecule has 0 spiro atoms. The molecule has 156 valence electrons. The summed E-state index contributed by atoms with van der Waals surface area (Å²) in [6.07, 6.45) is 0.419. The van der Waals surface area contributed by atoms with Gasteiger partial charge in [0.2, 0.25) is 5.91 Å². The van der Waals surface area contributed by atoms with Crippen molar-refractivity contribution in [1.29, 1.82) is 0 Å². The molecule has 1 unspecified atom stereocenters. The SMILES string of the molecule is CCC(C)C(=O)NS(=O)(=O)c1cc(Cl)cc(S(=O)(=O)NC(=O)c2ccccc2)c1. The minimum absolute atomic E-state index is 0.103. The minimum atomic E-state index is -4.42. The molecule has 0 aliphatic carbocycles. The molecule has 0 fully saturated rings. The second kappa shape index (κ2) is 8.93. The Hall–Kier alpha value is -2.43. The van der Waals surface area contributed by atoms with Crippen LogP contribution in [0.25, 0.3) is 0 Å². The quantitative estimate of drug-likeness (QED) is 0.655. The first-order chi connectivity index (χ1) is 13.5. The van der Waals surface area contributed by atoms with Crippen molar-refractivity contribution in [2.45, 2.75) is 30.1 Å². The van der Waals surface area contributed by atoms with Crippen LogP contribution in [0.1, 0.15) is 30.6 Å². The molecule has 11 heteroatoms. The fraction of sp³-hybridized carbons (Fsp3) is 0.222. The van der Waals surface area contributed by atoms with Crippen LogP contribution in [-0.4, -0.2) is 28.6 Å². The number of benzene rings is 2. The molecule has 0 saturated carbocycles. The maximum atomic E-state index is 12.6. The Kier molecular flexibility index (Phi) is 7.04. The summed E-state index contributed by atoms with van der Waals surface area (Å²) in [6, 6.07) is 10.4. The summed E-state index contributed by atoms with van der Waals surface area (Å²) in [5.41, 5.74) is 0.103. The second-order valence-electron chi connectivity index (χ2n) is 6.20. The number of nitrogens with one attached hydrogen (secondary N) is 2. The molecule has 1 atom stereocenters. The third kappa shape index (κ3) is 5.78. The fourth-order valence-electron chi connectivity index (χ4n) is 2.15. The third-order valence-electron chi connectivity index (χ3n) is 4.02. The zero-order valence-electron chi connectivity index (χ0n) is 15.5. The van der Waals surface area contributed by atoms with Gasteiger partial charge in [0, 0.05) is 16.5 Å². The van der Waals surface area contributed by atoms with Gasteiger partial charge in [-0.3, -0.25) is 9.59 Å². The van der Waals surface area contributed by atoms with Crippen molar-refractivity contribution in [2.75, 3.05) is 0 Å². The molecular weight excluding hydrogens is 440 g/mol. The number of hydrogen-bond donors (Lipinski definition) is 2. The average molecular weight is 459 g/mol. The van der Waals surface area contributed by atoms with Crippen LogP contribution in [0.15, 0.2) is 58.3 Å². The molecule has 8 nitrogen and oxygen atoms in total. The van der Waals surface area contributed by atoms with Crippen molar-refractivity contribution in [3.05, 3.63) is 59.1 Å². The van der Waals surface area contributed by atoms with Gasteiger partial charge >= 0.3 is 0 Å². The summed E-state index contributed by atoms with van der Waals surface area (Å²) in [4.78, 5) is 23.0. The van der Waals surface area contributed by atoms with E-state index in [1.54, 1.807) is 32.0 Å². The monoisotopic (exact) mass is 458 g/mol. The van der Waals surface area contributed by atoms with Crippen molar-refractivity contribution < 1.29 is 26.4 Å². The van der Waals surface area contributed by atoms with E-state index in [9.17, 15) is 26.4 Å². The summed E-state index contributed by atoms with van der Waals surface area (Å²) in [7, 11) is -8.79. The predicted molar refractivity (Wildman–Crippen MR) is 107 cm³/mol. The molecule has 0 bridgehead atoms. The number of carbonyl (C=O) groups excluding carboxylic acids is 2. The molecule has 2 amide bonds. The van der Waals surface area contributed by atoms with Crippen molar-refractivity contribution in [1.82, 2.24) is 9.44 Å². The van der Waals surface area contributed by atoms with E-state index in [4.69, 9.17) is 11.6 Å². The Morgan fingerprint density at radius 3 is 1.97 bits per heavy atom. The molecule has 0 heterocycles. The Balaban J connectivity index is 2.36. The smallest absolute Gasteiger partial charge is 0.264 e. The van der Waals surface area contributed by atoms with Crippen LogP contribution in [0.4, 0.5) is 0 Å². The molecule has 0 saturated heterocycles. The van der Waals surface area contributed by atoms with Crippen LogP contribution in [0.3, 0.4) is 0 Å². The zero-order valence-corrected chi connectivity index (χ0v) is 17.9. The number of sulfonamides is 2. The highest BCUT2D eigenvalue weighted by molar-refractivity contribution is 7.91. The van der Waals surface area contributed by atoms with E-state index in [-0.39, 0.29) is 10.6 Å². The second-order valence-corrected chi connectivity index (χ2v) is 10.0. The zero-order chi connectivity index (χ0) is 21.8. The topological polar surface area (TPSA) is 126 Å². The highest BCUT2D eigenvalue weighted by Gasteiger charge is 2.25. The van der Waals surface area contributed by atoms with Gasteiger partial charge in [0.15, 0.2) is 0 Å². The van der Waals surface area contributed by atoms with Gasteiger partial charge in [0.05, 0.1) is 9.79 Å². The van der Waals surface area contributed by atoms with Gasteiger partial charge in [-0.2, -0.15) is 0 Å². The molecule has 0 aliphatic rings. The number of amides is 2. The van der Waals surface area contributed by atoms with Gasteiger partial charge < -0.3 is 0 Å². The van der Waals surface area contributed by atoms with Crippen molar-refractivity contribution in [2.24, 2.45) is 5.92 Å². The Morgan fingerprint density at radius 1 is 0.931 bits per heavy atom. The minimum Gasteiger partial charge on any atom is -0.274 e. The lowest BCUT2D eigenvalue weighted by Gasteiger charge is -2.13. The first-order valence-electron chi connectivity index (χ1n) is 8.45. The van der Waals surface area contributed by atoms with E-state index in [0.717, 1.165) is 18.2 Å². The maximum Gasteiger partial charge on any atom is 0.264 e. The molecule has 2 N–H and O–H groups in total. The van der Waals surface area contributed by atoms with Crippen molar-refractivity contribution >= 4 is 43.5 Å². The standard InChI is InChI=1S/C18H19ClN2O6S2/c1-3-12(2)17(22)20-28(24,25)15-9-14(19)10-16(11-15)29(26,27)21-18(23)13-7-5-4-6-8-13/h4-12H,3H2,1-2H3,(H,20,22)(H,21,23). The van der Waals surface area contributed by atoms with Crippen molar-refractivity contribution in [3.8, 4) is 0 Å². The third-order valence-corrected chi connectivity index (χ3v) is 6.88. The average Bonchev–Trinajstić information content (AvgIpc) is 2.66. The van der Waals surface area contributed by atoms with Crippen LogP contribution < -0.4 is 9.44 Å². The molecule has 0 aromatic heterocycles. The Bertz CT molecular complexity index is 1130. The summed E-state index contributed by atoms with van der Waals surface area (Å²) >= 11 is 5.89. The van der Waals surface area contributed by atoms with E-state index in [2.05, 4.69) is 0 Å². The summed E-state index contributed by atoms with van der Waals surface area (Å²) in [6.45, 7) is 3.27. The first kappa shape index (κ1) is 22.9. The molecule has 2 rings (SSSR count). The van der Waals surface area contributed by atoms with Crippen LogP contribution in [0, 0.1) is 5.92 Å². The van der Waals surface area contributed by atoms with Crippen LogP contribution in [0.2, 0.25) is 5.02 Å². The maximum absolute atomic E-state index is 12.6. The number of halogens is 1. The van der Waals surface area contributed by atoms with Crippen LogP contribution in [0.5, 0.6) is 0 Å². The van der Waals surface area contributed by atoms with Crippen LogP contribution >= 0.6 is 11.6 Å². The predicted octanol–water partition coefficient (Wildman–Crippen LogP) is 2.31. The number of rotatable bonds is 7. The highest BCUT2D eigenvalue weighted by atomic mass is 35.5. The molecule has 0 aliphatic heterocycles. The lowest BCUT2D eigenvalue weighted by molar-refractivity contribution is -0.122. The molecule has 2 aromatic carbocycles. The lowest BCUT2D eigenvalue weighted by Crippen LogP contribution is -2.35. The normalized spacial score (nSPS) is 12.8. The molecular formula is C18H19ClN2O6S2. The van der Waals surface area contributed by atoms with Gasteiger partial charge in [-0.05, 0) is 36.8 Å². The molecule has 2 aromatic rings. The summed E-state index contributed by atoms with van der Waals surface area (Å²) in [5, 5.41) is -0.198. The lowest BCUT2D eigenvalue weighted by atomic mass is 10.1. The first-order valence-corrected chi connectivity index (χ1v) is 11.8. The van der Waals surface area contributed by atoms with Gasteiger partial charge in [0.25, 0.3) is 26.0 Å². The van der Waals surface area contributed by atoms with E-state index >= 15 is 0 Å². The van der Waals surface area contributed by atoms with Gasteiger partial charge in [-0.25, -0.2) is 26.3 Å². The van der Waals surface area contributed by atoms with Crippen LogP contribution in [-0.2, 0) is 24.8 Å².